The maximum absolute atomic E-state index is 11.7. The minimum Gasteiger partial charge on any atom is -0.497 e. The molecule has 5 heteroatoms. The summed E-state index contributed by atoms with van der Waals surface area (Å²) in [5.41, 5.74) is 0. The van der Waals surface area contributed by atoms with Gasteiger partial charge in [0, 0.05) is 0 Å². The van der Waals surface area contributed by atoms with E-state index >= 15 is 0 Å². The molecule has 0 heterocycles. The summed E-state index contributed by atoms with van der Waals surface area (Å²) >= 11 is 0. The molecule has 5 nitrogen and oxygen atoms in total. The molecule has 21 heavy (non-hydrogen) atoms. The first-order chi connectivity index (χ1) is 10.1. The van der Waals surface area contributed by atoms with E-state index in [1.165, 1.54) is 4.90 Å². The summed E-state index contributed by atoms with van der Waals surface area (Å²) in [7, 11) is 1.60. The molecule has 1 N–H and O–H groups in total. The summed E-state index contributed by atoms with van der Waals surface area (Å²) in [5.74, 6) is 1.03. The molecule has 0 aliphatic heterocycles. The molecule has 0 amide bonds. The maximum atomic E-state index is 11.7. The Balaban J connectivity index is 2.32. The number of hydrogen-bond acceptors (Lipinski definition) is 4. The highest BCUT2D eigenvalue weighted by molar-refractivity contribution is 5.71. The van der Waals surface area contributed by atoms with E-state index in [2.05, 4.69) is 13.8 Å². The fourth-order valence-electron chi connectivity index (χ4n) is 2.06. The molecular weight excluding hydrogens is 270 g/mol. The van der Waals surface area contributed by atoms with Crippen LogP contribution in [0.5, 0.6) is 11.5 Å². The third kappa shape index (κ3) is 6.49. The number of esters is 1. The molecule has 1 rings (SSSR count). The monoisotopic (exact) mass is 296 g/mol. The first-order valence-corrected chi connectivity index (χ1v) is 7.38. The van der Waals surface area contributed by atoms with Gasteiger partial charge in [-0.3, -0.25) is 0 Å². The van der Waals surface area contributed by atoms with Gasteiger partial charge in [0.1, 0.15) is 24.1 Å². The van der Waals surface area contributed by atoms with Gasteiger partial charge in [-0.1, -0.05) is 0 Å². The number of rotatable bonds is 9. The highest BCUT2D eigenvalue weighted by Crippen LogP contribution is 2.16. The highest BCUT2D eigenvalue weighted by atomic mass is 16.6. The van der Waals surface area contributed by atoms with Crippen molar-refractivity contribution in [1.82, 2.24) is 0 Å². The lowest BCUT2D eigenvalue weighted by Crippen LogP contribution is -3.12. The summed E-state index contributed by atoms with van der Waals surface area (Å²) < 4.78 is 15.8. The second-order valence-corrected chi connectivity index (χ2v) is 4.93. The molecule has 0 spiro atoms. The van der Waals surface area contributed by atoms with Crippen LogP contribution in [0.15, 0.2) is 24.3 Å². The summed E-state index contributed by atoms with van der Waals surface area (Å²) in [4.78, 5) is 13.1. The molecule has 0 saturated heterocycles. The maximum Gasteiger partial charge on any atom is 0.344 e. The minimum atomic E-state index is -0.343. The highest BCUT2D eigenvalue weighted by Gasteiger charge is 2.15. The van der Waals surface area contributed by atoms with Gasteiger partial charge in [-0.05, 0) is 45.0 Å². The molecule has 1 aromatic carbocycles. The van der Waals surface area contributed by atoms with Gasteiger partial charge < -0.3 is 19.1 Å². The van der Waals surface area contributed by atoms with Crippen LogP contribution in [0, 0.1) is 0 Å². The number of methoxy groups -OCH3 is 1. The van der Waals surface area contributed by atoms with Crippen LogP contribution < -0.4 is 14.4 Å². The zero-order valence-electron chi connectivity index (χ0n) is 13.3. The number of nitrogens with one attached hydrogen (secondary N) is 1. The molecule has 0 bridgehead atoms. The SMILES string of the molecule is CC[NH+](CC)C[C@H](C)OC(=O)COc1ccc(OC)cc1. The van der Waals surface area contributed by atoms with E-state index < -0.39 is 0 Å². The molecule has 0 aromatic heterocycles. The minimum absolute atomic E-state index is 0.0791. The van der Waals surface area contributed by atoms with Gasteiger partial charge in [0.2, 0.25) is 0 Å². The lowest BCUT2D eigenvalue weighted by Gasteiger charge is -2.20. The van der Waals surface area contributed by atoms with E-state index in [4.69, 9.17) is 14.2 Å². The van der Waals surface area contributed by atoms with Crippen molar-refractivity contribution in [3.8, 4) is 11.5 Å². The van der Waals surface area contributed by atoms with Crippen molar-refractivity contribution in [3.05, 3.63) is 24.3 Å². The van der Waals surface area contributed by atoms with Crippen molar-refractivity contribution < 1.29 is 23.9 Å². The van der Waals surface area contributed by atoms with E-state index in [0.717, 1.165) is 25.4 Å². The van der Waals surface area contributed by atoms with Gasteiger partial charge >= 0.3 is 5.97 Å². The Hall–Kier alpha value is -1.75. The van der Waals surface area contributed by atoms with E-state index in [-0.39, 0.29) is 18.7 Å². The van der Waals surface area contributed by atoms with Crippen molar-refractivity contribution in [2.75, 3.05) is 33.4 Å². The van der Waals surface area contributed by atoms with Crippen molar-refractivity contribution in [1.29, 1.82) is 0 Å². The zero-order valence-corrected chi connectivity index (χ0v) is 13.3. The predicted octanol–water partition coefficient (Wildman–Crippen LogP) is 0.930. The summed E-state index contributed by atoms with van der Waals surface area (Å²) in [5, 5.41) is 0. The lowest BCUT2D eigenvalue weighted by molar-refractivity contribution is -0.899. The predicted molar refractivity (Wildman–Crippen MR) is 81.0 cm³/mol. The van der Waals surface area contributed by atoms with Crippen LogP contribution in [0.25, 0.3) is 0 Å². The van der Waals surface area contributed by atoms with Crippen molar-refractivity contribution in [3.63, 3.8) is 0 Å². The molecule has 118 valence electrons. The number of ether oxygens (including phenoxy) is 3. The number of carbonyl (C=O) groups is 1. The molecule has 0 aliphatic rings. The normalized spacial score (nSPS) is 12.0. The van der Waals surface area contributed by atoms with Crippen LogP contribution >= 0.6 is 0 Å². The van der Waals surface area contributed by atoms with E-state index in [1.807, 2.05) is 6.92 Å². The molecule has 0 unspecified atom stereocenters. The number of carbonyl (C=O) groups excluding carboxylic acids is 1. The average molecular weight is 296 g/mol. The number of quaternary nitrogens is 1. The largest absolute Gasteiger partial charge is 0.497 e. The summed E-state index contributed by atoms with van der Waals surface area (Å²) in [6.07, 6.45) is -0.105. The lowest BCUT2D eigenvalue weighted by atomic mass is 10.3. The summed E-state index contributed by atoms with van der Waals surface area (Å²) in [6.45, 7) is 8.96. The molecule has 0 fully saturated rings. The third-order valence-electron chi connectivity index (χ3n) is 3.32. The number of likely N-dealkylation sites (N-methyl/N-ethyl adjacent to an activating group) is 1. The van der Waals surface area contributed by atoms with E-state index in [1.54, 1.807) is 31.4 Å². The van der Waals surface area contributed by atoms with Crippen LogP contribution in [0.3, 0.4) is 0 Å². The third-order valence-corrected chi connectivity index (χ3v) is 3.32. The quantitative estimate of drug-likeness (QED) is 0.689. The topological polar surface area (TPSA) is 49.2 Å². The van der Waals surface area contributed by atoms with Crippen LogP contribution in [0.2, 0.25) is 0 Å². The van der Waals surface area contributed by atoms with Gasteiger partial charge in [-0.25, -0.2) is 4.79 Å². The van der Waals surface area contributed by atoms with Gasteiger partial charge in [-0.2, -0.15) is 0 Å². The van der Waals surface area contributed by atoms with Crippen LogP contribution in [0.4, 0.5) is 0 Å². The first-order valence-electron chi connectivity index (χ1n) is 7.38. The summed E-state index contributed by atoms with van der Waals surface area (Å²) in [6, 6.07) is 7.09. The molecule has 0 saturated carbocycles. The van der Waals surface area contributed by atoms with E-state index in [9.17, 15) is 4.79 Å². The molecule has 0 radical (unpaired) electrons. The van der Waals surface area contributed by atoms with Gasteiger partial charge in [0.05, 0.1) is 20.2 Å². The van der Waals surface area contributed by atoms with Crippen molar-refractivity contribution >= 4 is 5.97 Å². The van der Waals surface area contributed by atoms with Gasteiger partial charge in [0.15, 0.2) is 6.61 Å². The number of hydrogen-bond donors (Lipinski definition) is 1. The Labute approximate surface area is 126 Å². The standard InChI is InChI=1S/C16H25NO4/c1-5-17(6-2)11-13(3)21-16(18)12-20-15-9-7-14(19-4)8-10-15/h7-10,13H,5-6,11-12H2,1-4H3/p+1/t13-/m0/s1. The van der Waals surface area contributed by atoms with Gasteiger partial charge in [-0.15, -0.1) is 0 Å². The molecule has 0 aliphatic carbocycles. The van der Waals surface area contributed by atoms with Gasteiger partial charge in [0.25, 0.3) is 0 Å². The van der Waals surface area contributed by atoms with Crippen LogP contribution in [-0.2, 0) is 9.53 Å². The zero-order chi connectivity index (χ0) is 15.7. The Kier molecular flexibility index (Phi) is 7.61. The van der Waals surface area contributed by atoms with E-state index in [0.29, 0.717) is 5.75 Å². The fourth-order valence-corrected chi connectivity index (χ4v) is 2.06. The Morgan fingerprint density at radius 3 is 2.24 bits per heavy atom. The Bertz CT molecular complexity index is 415. The average Bonchev–Trinajstić information content (AvgIpc) is 2.51. The van der Waals surface area contributed by atoms with Crippen LogP contribution in [-0.4, -0.2) is 45.4 Å². The van der Waals surface area contributed by atoms with Crippen molar-refractivity contribution in [2.45, 2.75) is 26.9 Å². The molecule has 1 atom stereocenters. The second kappa shape index (κ2) is 9.23. The van der Waals surface area contributed by atoms with Crippen LogP contribution in [0.1, 0.15) is 20.8 Å². The molecule has 1 aromatic rings. The smallest absolute Gasteiger partial charge is 0.344 e. The van der Waals surface area contributed by atoms with Crippen molar-refractivity contribution in [2.24, 2.45) is 0 Å². The fraction of sp³-hybridized carbons (Fsp3) is 0.562. The number of benzene rings is 1. The first kappa shape index (κ1) is 17.3. The Morgan fingerprint density at radius 2 is 1.71 bits per heavy atom. The Morgan fingerprint density at radius 1 is 1.14 bits per heavy atom. The second-order valence-electron chi connectivity index (χ2n) is 4.93. The molecular formula is C16H26NO4+.